The second kappa shape index (κ2) is 8.97. The molecule has 2 aliphatic heterocycles. The first-order valence-electron chi connectivity index (χ1n) is 10.2. The van der Waals surface area contributed by atoms with E-state index in [0.717, 1.165) is 0 Å². The van der Waals surface area contributed by atoms with E-state index in [4.69, 9.17) is 9.47 Å². The summed E-state index contributed by atoms with van der Waals surface area (Å²) in [7, 11) is -2.05. The summed E-state index contributed by atoms with van der Waals surface area (Å²) in [5.41, 5.74) is 0.638. The molecule has 9 heteroatoms. The number of nitrogens with one attached hydrogen (secondary N) is 1. The van der Waals surface area contributed by atoms with Gasteiger partial charge in [0.05, 0.1) is 13.7 Å². The van der Waals surface area contributed by atoms with Crippen molar-refractivity contribution in [1.29, 1.82) is 0 Å². The Bertz CT molecular complexity index is 1090. The van der Waals surface area contributed by atoms with Crippen molar-refractivity contribution in [2.24, 2.45) is 10.3 Å². The van der Waals surface area contributed by atoms with E-state index in [1.807, 2.05) is 35.2 Å². The van der Waals surface area contributed by atoms with E-state index in [0.29, 0.717) is 62.0 Å². The van der Waals surface area contributed by atoms with Gasteiger partial charge in [-0.2, -0.15) is 8.42 Å². The van der Waals surface area contributed by atoms with Crippen LogP contribution >= 0.6 is 0 Å². The molecule has 0 atom stereocenters. The second-order valence-corrected chi connectivity index (χ2v) is 9.01. The first kappa shape index (κ1) is 21.2. The second-order valence-electron chi connectivity index (χ2n) is 7.44. The SMILES string of the molecule is COc1ccccc1OCCNC(=O)C1CCN(C2=NS(=O)(=O)c3ccccc32)CC1. The predicted molar refractivity (Wildman–Crippen MR) is 116 cm³/mol. The fourth-order valence-corrected chi connectivity index (χ4v) is 5.12. The molecule has 31 heavy (non-hydrogen) atoms. The summed E-state index contributed by atoms with van der Waals surface area (Å²) < 4.78 is 39.4. The molecule has 2 aliphatic rings. The Balaban J connectivity index is 1.26. The van der Waals surface area contributed by atoms with Crippen molar-refractivity contribution in [3.63, 3.8) is 0 Å². The number of sulfonamides is 1. The van der Waals surface area contributed by atoms with Crippen molar-refractivity contribution in [2.75, 3.05) is 33.4 Å². The van der Waals surface area contributed by atoms with Gasteiger partial charge in [0.1, 0.15) is 11.5 Å². The number of para-hydroxylation sites is 2. The first-order chi connectivity index (χ1) is 15.0. The molecule has 2 heterocycles. The number of amidine groups is 1. The molecule has 1 saturated heterocycles. The smallest absolute Gasteiger partial charge is 0.285 e. The summed E-state index contributed by atoms with van der Waals surface area (Å²) >= 11 is 0. The lowest BCUT2D eigenvalue weighted by molar-refractivity contribution is -0.126. The number of likely N-dealkylation sites (tertiary alicyclic amines) is 1. The normalized spacial score (nSPS) is 17.6. The van der Waals surface area contributed by atoms with Gasteiger partial charge in [0, 0.05) is 24.6 Å². The highest BCUT2D eigenvalue weighted by Gasteiger charge is 2.34. The minimum absolute atomic E-state index is 0.00957. The molecule has 0 aliphatic carbocycles. The molecule has 0 saturated carbocycles. The number of rotatable bonds is 6. The van der Waals surface area contributed by atoms with Crippen molar-refractivity contribution >= 4 is 21.8 Å². The fraction of sp³-hybridized carbons (Fsp3) is 0.364. The van der Waals surface area contributed by atoms with Crippen molar-refractivity contribution in [2.45, 2.75) is 17.7 Å². The number of carbonyl (C=O) groups is 1. The molecule has 0 spiro atoms. The molecule has 1 amide bonds. The number of nitrogens with zero attached hydrogens (tertiary/aromatic N) is 2. The highest BCUT2D eigenvalue weighted by Crippen LogP contribution is 2.30. The van der Waals surface area contributed by atoms with Gasteiger partial charge >= 0.3 is 0 Å². The van der Waals surface area contributed by atoms with Gasteiger partial charge in [-0.25, -0.2) is 0 Å². The zero-order valence-electron chi connectivity index (χ0n) is 17.3. The third-order valence-electron chi connectivity index (χ3n) is 5.51. The summed E-state index contributed by atoms with van der Waals surface area (Å²) in [5, 5.41) is 2.92. The Hall–Kier alpha value is -3.07. The third-order valence-corrected chi connectivity index (χ3v) is 6.83. The maximum absolute atomic E-state index is 12.5. The molecule has 2 aromatic rings. The topological polar surface area (TPSA) is 97.3 Å². The molecular formula is C22H25N3O5S. The summed E-state index contributed by atoms with van der Waals surface area (Å²) in [6.07, 6.45) is 1.28. The van der Waals surface area contributed by atoms with E-state index < -0.39 is 10.0 Å². The summed E-state index contributed by atoms with van der Waals surface area (Å²) in [6.45, 7) is 1.91. The Morgan fingerprint density at radius 1 is 1.10 bits per heavy atom. The first-order valence-corrected chi connectivity index (χ1v) is 11.7. The standard InChI is InChI=1S/C22H25N3O5S/c1-29-18-7-3-4-8-19(18)30-15-12-23-22(26)16-10-13-25(14-11-16)21-17-6-2-5-9-20(17)31(27,28)24-21/h2-9,16H,10-15H2,1H3,(H,23,26). The minimum Gasteiger partial charge on any atom is -0.493 e. The van der Waals surface area contributed by atoms with Gasteiger partial charge in [0.15, 0.2) is 17.3 Å². The van der Waals surface area contributed by atoms with Crippen LogP contribution in [0.25, 0.3) is 0 Å². The van der Waals surface area contributed by atoms with Crippen LogP contribution in [-0.2, 0) is 14.8 Å². The van der Waals surface area contributed by atoms with Crippen molar-refractivity contribution in [3.8, 4) is 11.5 Å². The third kappa shape index (κ3) is 4.51. The van der Waals surface area contributed by atoms with Crippen LogP contribution in [-0.4, -0.2) is 58.4 Å². The van der Waals surface area contributed by atoms with Gasteiger partial charge in [0.2, 0.25) is 5.91 Å². The molecule has 0 aromatic heterocycles. The van der Waals surface area contributed by atoms with E-state index in [1.165, 1.54) is 0 Å². The number of ether oxygens (including phenoxy) is 2. The highest BCUT2D eigenvalue weighted by atomic mass is 32.2. The maximum atomic E-state index is 12.5. The molecule has 1 N–H and O–H groups in total. The molecule has 1 fully saturated rings. The number of hydrogen-bond donors (Lipinski definition) is 1. The van der Waals surface area contributed by atoms with Crippen LogP contribution in [0.1, 0.15) is 18.4 Å². The van der Waals surface area contributed by atoms with Gasteiger partial charge in [-0.05, 0) is 37.1 Å². The van der Waals surface area contributed by atoms with E-state index in [-0.39, 0.29) is 16.7 Å². The van der Waals surface area contributed by atoms with E-state index in [1.54, 1.807) is 25.3 Å². The largest absolute Gasteiger partial charge is 0.493 e. The number of piperidine rings is 1. The number of carbonyl (C=O) groups excluding carboxylic acids is 1. The van der Waals surface area contributed by atoms with Crippen molar-refractivity contribution in [3.05, 3.63) is 54.1 Å². The van der Waals surface area contributed by atoms with Crippen molar-refractivity contribution < 1.29 is 22.7 Å². The average Bonchev–Trinajstić information content (AvgIpc) is 3.08. The molecule has 2 aromatic carbocycles. The zero-order valence-corrected chi connectivity index (χ0v) is 18.1. The Morgan fingerprint density at radius 3 is 2.52 bits per heavy atom. The van der Waals surface area contributed by atoms with E-state index in [2.05, 4.69) is 9.71 Å². The van der Waals surface area contributed by atoms with Crippen LogP contribution in [0.4, 0.5) is 0 Å². The van der Waals surface area contributed by atoms with Crippen molar-refractivity contribution in [1.82, 2.24) is 10.2 Å². The van der Waals surface area contributed by atoms with Crippen LogP contribution in [0.5, 0.6) is 11.5 Å². The lowest BCUT2D eigenvalue weighted by atomic mass is 9.95. The van der Waals surface area contributed by atoms with Gasteiger partial charge in [-0.1, -0.05) is 24.3 Å². The van der Waals surface area contributed by atoms with Gasteiger partial charge in [0.25, 0.3) is 10.0 Å². The Labute approximate surface area is 181 Å². The highest BCUT2D eigenvalue weighted by molar-refractivity contribution is 7.90. The molecule has 0 unspecified atom stereocenters. The van der Waals surface area contributed by atoms with Gasteiger partial charge in [-0.3, -0.25) is 4.79 Å². The molecule has 8 nitrogen and oxygen atoms in total. The quantitative estimate of drug-likeness (QED) is 0.687. The monoisotopic (exact) mass is 443 g/mol. The van der Waals surface area contributed by atoms with Crippen LogP contribution in [0.15, 0.2) is 57.8 Å². The van der Waals surface area contributed by atoms with E-state index >= 15 is 0 Å². The Kier molecular flexibility index (Phi) is 6.13. The van der Waals surface area contributed by atoms with Gasteiger partial charge < -0.3 is 19.7 Å². The number of methoxy groups -OCH3 is 1. The fourth-order valence-electron chi connectivity index (χ4n) is 3.89. The average molecular weight is 444 g/mol. The zero-order chi connectivity index (χ0) is 21.8. The minimum atomic E-state index is -3.63. The lowest BCUT2D eigenvalue weighted by Crippen LogP contribution is -2.43. The number of fused-ring (bicyclic) bond motifs is 1. The molecule has 164 valence electrons. The van der Waals surface area contributed by atoms with Crippen LogP contribution in [0, 0.1) is 5.92 Å². The lowest BCUT2D eigenvalue weighted by Gasteiger charge is -2.32. The van der Waals surface area contributed by atoms with Crippen LogP contribution in [0.3, 0.4) is 0 Å². The van der Waals surface area contributed by atoms with Crippen LogP contribution in [0.2, 0.25) is 0 Å². The predicted octanol–water partition coefficient (Wildman–Crippen LogP) is 2.05. The van der Waals surface area contributed by atoms with E-state index in [9.17, 15) is 13.2 Å². The maximum Gasteiger partial charge on any atom is 0.285 e. The summed E-state index contributed by atoms with van der Waals surface area (Å²) in [6, 6.07) is 14.2. The molecule has 0 bridgehead atoms. The molecular weight excluding hydrogens is 418 g/mol. The molecule has 0 radical (unpaired) electrons. The van der Waals surface area contributed by atoms with Crippen LogP contribution < -0.4 is 14.8 Å². The number of benzene rings is 2. The summed E-state index contributed by atoms with van der Waals surface area (Å²) in [5.74, 6) is 1.65. The number of amides is 1. The number of hydrogen-bond acceptors (Lipinski definition) is 6. The van der Waals surface area contributed by atoms with Gasteiger partial charge in [-0.15, -0.1) is 4.40 Å². The Morgan fingerprint density at radius 2 is 1.77 bits per heavy atom. The molecule has 4 rings (SSSR count). The summed E-state index contributed by atoms with van der Waals surface area (Å²) in [4.78, 5) is 14.7.